The van der Waals surface area contributed by atoms with Crippen molar-refractivity contribution in [3.63, 3.8) is 0 Å². The summed E-state index contributed by atoms with van der Waals surface area (Å²) in [5.41, 5.74) is -0.405. The molecule has 1 N–H and O–H groups in total. The van der Waals surface area contributed by atoms with Gasteiger partial charge in [-0.1, -0.05) is 0 Å². The van der Waals surface area contributed by atoms with E-state index in [2.05, 4.69) is 10.2 Å². The minimum Gasteiger partial charge on any atom is -0.444 e. The molecule has 3 fully saturated rings. The summed E-state index contributed by atoms with van der Waals surface area (Å²) < 4.78 is 5.55. The molecule has 1 amide bonds. The summed E-state index contributed by atoms with van der Waals surface area (Å²) >= 11 is 0. The topological polar surface area (TPSA) is 44.8 Å². The second-order valence-corrected chi connectivity index (χ2v) is 8.35. The first-order chi connectivity index (χ1) is 10.9. The van der Waals surface area contributed by atoms with Gasteiger partial charge in [0.15, 0.2) is 0 Å². The highest BCUT2D eigenvalue weighted by Crippen LogP contribution is 2.29. The zero-order chi connectivity index (χ0) is 16.4. The molecule has 0 spiro atoms. The Bertz CT molecular complexity index is 417. The van der Waals surface area contributed by atoms with Crippen molar-refractivity contribution in [1.29, 1.82) is 0 Å². The van der Waals surface area contributed by atoms with E-state index in [0.717, 1.165) is 38.4 Å². The molecule has 1 aliphatic carbocycles. The number of hydrogen-bond donors (Lipinski definition) is 1. The van der Waals surface area contributed by atoms with Crippen LogP contribution < -0.4 is 5.32 Å². The monoisotopic (exact) mass is 323 g/mol. The van der Waals surface area contributed by atoms with Gasteiger partial charge in [0.25, 0.3) is 0 Å². The Hall–Kier alpha value is -0.810. The first kappa shape index (κ1) is 17.0. The van der Waals surface area contributed by atoms with Gasteiger partial charge in [-0.25, -0.2) is 4.79 Å². The van der Waals surface area contributed by atoms with Crippen LogP contribution >= 0.6 is 0 Å². The van der Waals surface area contributed by atoms with Crippen LogP contribution in [0.5, 0.6) is 0 Å². The van der Waals surface area contributed by atoms with Crippen LogP contribution in [0.15, 0.2) is 0 Å². The van der Waals surface area contributed by atoms with Crippen LogP contribution in [-0.2, 0) is 4.74 Å². The van der Waals surface area contributed by atoms with Crippen molar-refractivity contribution < 1.29 is 9.53 Å². The van der Waals surface area contributed by atoms with Gasteiger partial charge in [0.05, 0.1) is 0 Å². The molecule has 5 nitrogen and oxygen atoms in total. The van der Waals surface area contributed by atoms with E-state index in [0.29, 0.717) is 12.1 Å². The van der Waals surface area contributed by atoms with Crippen LogP contribution in [0.1, 0.15) is 59.3 Å². The quantitative estimate of drug-likeness (QED) is 0.763. The second-order valence-electron chi connectivity index (χ2n) is 8.35. The number of carbonyl (C=O) groups excluding carboxylic acids is 1. The lowest BCUT2D eigenvalue weighted by Gasteiger charge is -2.28. The molecule has 2 atom stereocenters. The molecule has 0 radical (unpaired) electrons. The SMILES string of the molecule is CC(C)(C)OC(=O)N(CCCNC1CCN2CCCC12)C1CC1. The van der Waals surface area contributed by atoms with Crippen molar-refractivity contribution >= 4 is 6.09 Å². The van der Waals surface area contributed by atoms with E-state index in [1.807, 2.05) is 25.7 Å². The van der Waals surface area contributed by atoms with E-state index in [9.17, 15) is 4.79 Å². The minimum atomic E-state index is -0.405. The van der Waals surface area contributed by atoms with Gasteiger partial charge >= 0.3 is 6.09 Å². The summed E-state index contributed by atoms with van der Waals surface area (Å²) in [5.74, 6) is 0. The molecule has 132 valence electrons. The van der Waals surface area contributed by atoms with Gasteiger partial charge in [0.1, 0.15) is 5.60 Å². The molecule has 3 rings (SSSR count). The maximum atomic E-state index is 12.3. The van der Waals surface area contributed by atoms with Gasteiger partial charge in [0, 0.05) is 31.2 Å². The van der Waals surface area contributed by atoms with Crippen LogP contribution in [0.4, 0.5) is 4.79 Å². The Labute approximate surface area is 140 Å². The predicted molar refractivity (Wildman–Crippen MR) is 91.6 cm³/mol. The first-order valence-electron chi connectivity index (χ1n) is 9.41. The third kappa shape index (κ3) is 4.60. The maximum Gasteiger partial charge on any atom is 0.410 e. The molecule has 2 aliphatic heterocycles. The van der Waals surface area contributed by atoms with Crippen molar-refractivity contribution in [2.75, 3.05) is 26.2 Å². The molecule has 0 aromatic rings. The molecule has 2 unspecified atom stereocenters. The lowest BCUT2D eigenvalue weighted by Crippen LogP contribution is -2.42. The average molecular weight is 323 g/mol. The molecule has 3 aliphatic rings. The lowest BCUT2D eigenvalue weighted by molar-refractivity contribution is 0.0231. The van der Waals surface area contributed by atoms with Gasteiger partial charge in [-0.2, -0.15) is 0 Å². The number of hydrogen-bond acceptors (Lipinski definition) is 4. The van der Waals surface area contributed by atoms with E-state index in [1.165, 1.54) is 32.4 Å². The fourth-order valence-electron chi connectivity index (χ4n) is 3.99. The number of fused-ring (bicyclic) bond motifs is 1. The van der Waals surface area contributed by atoms with Crippen molar-refractivity contribution in [1.82, 2.24) is 15.1 Å². The Morgan fingerprint density at radius 3 is 2.70 bits per heavy atom. The molecule has 0 bridgehead atoms. The molecular weight excluding hydrogens is 290 g/mol. The number of nitrogens with zero attached hydrogens (tertiary/aromatic N) is 2. The van der Waals surface area contributed by atoms with Crippen LogP contribution in [0.3, 0.4) is 0 Å². The second kappa shape index (κ2) is 6.98. The highest BCUT2D eigenvalue weighted by atomic mass is 16.6. The van der Waals surface area contributed by atoms with Gasteiger partial charge in [-0.05, 0) is 72.4 Å². The molecular formula is C18H33N3O2. The maximum absolute atomic E-state index is 12.3. The number of carbonyl (C=O) groups is 1. The van der Waals surface area contributed by atoms with Crippen molar-refractivity contribution in [3.8, 4) is 0 Å². The fraction of sp³-hybridized carbons (Fsp3) is 0.944. The molecule has 2 saturated heterocycles. The van der Waals surface area contributed by atoms with Crippen molar-refractivity contribution in [2.24, 2.45) is 0 Å². The number of ether oxygens (including phenoxy) is 1. The normalized spacial score (nSPS) is 28.0. The first-order valence-corrected chi connectivity index (χ1v) is 9.41. The lowest BCUT2D eigenvalue weighted by atomic mass is 10.1. The van der Waals surface area contributed by atoms with Crippen LogP contribution in [-0.4, -0.2) is 65.8 Å². The zero-order valence-electron chi connectivity index (χ0n) is 15.0. The predicted octanol–water partition coefficient (Wildman–Crippen LogP) is 2.60. The Morgan fingerprint density at radius 1 is 1.22 bits per heavy atom. The summed E-state index contributed by atoms with van der Waals surface area (Å²) in [4.78, 5) is 16.9. The van der Waals surface area contributed by atoms with E-state index >= 15 is 0 Å². The summed E-state index contributed by atoms with van der Waals surface area (Å²) in [5, 5.41) is 3.73. The number of amides is 1. The summed E-state index contributed by atoms with van der Waals surface area (Å²) in [6, 6.07) is 1.84. The van der Waals surface area contributed by atoms with Crippen LogP contribution in [0, 0.1) is 0 Å². The summed E-state index contributed by atoms with van der Waals surface area (Å²) in [7, 11) is 0. The highest BCUT2D eigenvalue weighted by Gasteiger charge is 2.37. The van der Waals surface area contributed by atoms with Gasteiger partial charge in [-0.3, -0.25) is 4.90 Å². The van der Waals surface area contributed by atoms with Gasteiger partial charge < -0.3 is 15.0 Å². The summed E-state index contributed by atoms with van der Waals surface area (Å²) in [6.45, 7) is 10.2. The third-order valence-electron chi connectivity index (χ3n) is 5.20. The third-order valence-corrected chi connectivity index (χ3v) is 5.20. The van der Waals surface area contributed by atoms with Gasteiger partial charge in [0.2, 0.25) is 0 Å². The average Bonchev–Trinajstić information content (AvgIpc) is 3.04. The zero-order valence-corrected chi connectivity index (χ0v) is 15.0. The molecule has 0 aromatic heterocycles. The van der Waals surface area contributed by atoms with Crippen LogP contribution in [0.25, 0.3) is 0 Å². The smallest absolute Gasteiger partial charge is 0.410 e. The fourth-order valence-corrected chi connectivity index (χ4v) is 3.99. The highest BCUT2D eigenvalue weighted by molar-refractivity contribution is 5.69. The largest absolute Gasteiger partial charge is 0.444 e. The standard InChI is InChI=1S/C18H33N3O2/c1-18(2,3)23-17(22)21(14-7-8-14)12-5-10-19-15-9-13-20-11-4-6-16(15)20/h14-16,19H,4-13H2,1-3H3. The van der Waals surface area contributed by atoms with E-state index in [4.69, 9.17) is 4.74 Å². The molecule has 5 heteroatoms. The van der Waals surface area contributed by atoms with Crippen molar-refractivity contribution in [2.45, 2.75) is 83.0 Å². The Balaban J connectivity index is 1.39. The van der Waals surface area contributed by atoms with Gasteiger partial charge in [-0.15, -0.1) is 0 Å². The van der Waals surface area contributed by atoms with E-state index in [-0.39, 0.29) is 6.09 Å². The molecule has 1 saturated carbocycles. The van der Waals surface area contributed by atoms with E-state index < -0.39 is 5.60 Å². The molecule has 2 heterocycles. The molecule has 23 heavy (non-hydrogen) atoms. The number of nitrogens with one attached hydrogen (secondary N) is 1. The molecule has 0 aromatic carbocycles. The number of rotatable bonds is 6. The summed E-state index contributed by atoms with van der Waals surface area (Å²) in [6.07, 6.45) is 7.13. The van der Waals surface area contributed by atoms with Crippen LogP contribution in [0.2, 0.25) is 0 Å². The Kier molecular flexibility index (Phi) is 5.16. The minimum absolute atomic E-state index is 0.136. The van der Waals surface area contributed by atoms with E-state index in [1.54, 1.807) is 0 Å². The Morgan fingerprint density at radius 2 is 2.00 bits per heavy atom. The van der Waals surface area contributed by atoms with Crippen molar-refractivity contribution in [3.05, 3.63) is 0 Å².